The quantitative estimate of drug-likeness (QED) is 0.486. The van der Waals surface area contributed by atoms with Gasteiger partial charge in [0, 0.05) is 13.7 Å². The van der Waals surface area contributed by atoms with Crippen molar-refractivity contribution in [2.75, 3.05) is 13.7 Å². The Morgan fingerprint density at radius 1 is 1.34 bits per heavy atom. The normalized spacial score (nSPS) is 15.6. The highest BCUT2D eigenvalue weighted by Crippen LogP contribution is 2.38. The molecule has 164 valence electrons. The lowest BCUT2D eigenvalue weighted by atomic mass is 10.0. The number of benzene rings is 1. The van der Waals surface area contributed by atoms with Gasteiger partial charge in [-0.3, -0.25) is 9.20 Å². The fourth-order valence-corrected chi connectivity index (χ4v) is 4.53. The third-order valence-electron chi connectivity index (χ3n) is 5.95. The number of ether oxygens (including phenoxy) is 1. The van der Waals surface area contributed by atoms with Gasteiger partial charge in [0.15, 0.2) is 0 Å². The van der Waals surface area contributed by atoms with E-state index in [9.17, 15) is 15.2 Å². The molecule has 1 aromatic carbocycles. The number of hydrogen-bond acceptors (Lipinski definition) is 8. The predicted molar refractivity (Wildman–Crippen MR) is 114 cm³/mol. The minimum absolute atomic E-state index is 0.118. The molecule has 11 heteroatoms. The Kier molecular flexibility index (Phi) is 4.97. The molecule has 1 aliphatic rings. The van der Waals surface area contributed by atoms with Gasteiger partial charge in [-0.15, -0.1) is 0 Å². The van der Waals surface area contributed by atoms with E-state index in [1.54, 1.807) is 16.5 Å². The molecule has 1 aliphatic carbocycles. The van der Waals surface area contributed by atoms with E-state index in [0.29, 0.717) is 23.9 Å². The van der Waals surface area contributed by atoms with Gasteiger partial charge >= 0.3 is 0 Å². The summed E-state index contributed by atoms with van der Waals surface area (Å²) in [5.74, 6) is 0.247. The van der Waals surface area contributed by atoms with Crippen molar-refractivity contribution in [3.05, 3.63) is 45.3 Å². The number of rotatable bonds is 5. The number of hydrogen-bond donors (Lipinski definition) is 1. The number of imidazole rings is 1. The molecule has 1 N–H and O–H groups in total. The smallest absolute Gasteiger partial charge is 0.277 e. The van der Waals surface area contributed by atoms with E-state index in [2.05, 4.69) is 21.2 Å². The number of methoxy groups -OCH3 is 1. The maximum atomic E-state index is 13.6. The van der Waals surface area contributed by atoms with E-state index < -0.39 is 11.2 Å². The van der Waals surface area contributed by atoms with Crippen LogP contribution in [0.1, 0.15) is 37.1 Å². The Hall–Kier alpha value is -3.26. The van der Waals surface area contributed by atoms with Crippen molar-refractivity contribution >= 4 is 28.2 Å². The fraction of sp³-hybridized carbons (Fsp3) is 0.381. The summed E-state index contributed by atoms with van der Waals surface area (Å²) in [5.41, 5.74) is 0.0799. The molecule has 0 spiro atoms. The highest BCUT2D eigenvalue weighted by atomic mass is 35.5. The summed E-state index contributed by atoms with van der Waals surface area (Å²) < 4.78 is 13.6. The molecule has 5 rings (SSSR count). The Balaban J connectivity index is 1.77. The van der Waals surface area contributed by atoms with Crippen molar-refractivity contribution in [1.82, 2.24) is 24.1 Å². The molecule has 3 aromatic heterocycles. The van der Waals surface area contributed by atoms with Crippen LogP contribution in [0.4, 0.5) is 0 Å². The van der Waals surface area contributed by atoms with Crippen LogP contribution in [0.25, 0.3) is 28.1 Å². The number of nitrogens with zero attached hydrogens (tertiary/aromatic N) is 6. The fourth-order valence-electron chi connectivity index (χ4n) is 4.34. The molecular formula is C21H19ClN6O4. The molecule has 0 bridgehead atoms. The molecule has 0 radical (unpaired) electrons. The predicted octanol–water partition coefficient (Wildman–Crippen LogP) is 2.63. The lowest BCUT2D eigenvalue weighted by Gasteiger charge is -2.15. The number of nitriles is 1. The van der Waals surface area contributed by atoms with E-state index >= 15 is 0 Å². The summed E-state index contributed by atoms with van der Waals surface area (Å²) in [7, 11) is 1.53. The topological polar surface area (TPSA) is 131 Å². The number of aromatic nitrogens is 5. The second-order valence-electron chi connectivity index (χ2n) is 7.83. The standard InChI is InChI=1S/C21H19ClN6O4/c1-31-9-8-27-16-12(10-23)13(22)4-5-14(16)28-11-24-15(17(28)19(27)29)18-25-20(32-26-18)21(30)6-2-3-7-21/h4-5,11,30H,2-3,6-9H2,1H3. The van der Waals surface area contributed by atoms with Crippen molar-refractivity contribution in [3.63, 3.8) is 0 Å². The van der Waals surface area contributed by atoms with Crippen LogP contribution in [0, 0.1) is 11.3 Å². The minimum atomic E-state index is -1.15. The third-order valence-corrected chi connectivity index (χ3v) is 6.26. The highest BCUT2D eigenvalue weighted by Gasteiger charge is 2.39. The summed E-state index contributed by atoms with van der Waals surface area (Å²) in [4.78, 5) is 22.3. The summed E-state index contributed by atoms with van der Waals surface area (Å²) in [6.45, 7) is 0.463. The van der Waals surface area contributed by atoms with Crippen LogP contribution in [0.15, 0.2) is 27.8 Å². The van der Waals surface area contributed by atoms with E-state index in [1.807, 2.05) is 0 Å². The summed E-state index contributed by atoms with van der Waals surface area (Å²) in [6, 6.07) is 5.42. The maximum Gasteiger partial charge on any atom is 0.277 e. The Bertz CT molecular complexity index is 1440. The zero-order valence-corrected chi connectivity index (χ0v) is 18.0. The van der Waals surface area contributed by atoms with Crippen LogP contribution in [0.2, 0.25) is 5.02 Å². The molecule has 32 heavy (non-hydrogen) atoms. The van der Waals surface area contributed by atoms with Gasteiger partial charge in [0.1, 0.15) is 29.2 Å². The van der Waals surface area contributed by atoms with Gasteiger partial charge in [-0.1, -0.05) is 16.8 Å². The largest absolute Gasteiger partial charge is 0.383 e. The average molecular weight is 455 g/mol. The average Bonchev–Trinajstić information content (AvgIpc) is 3.53. The van der Waals surface area contributed by atoms with Crippen molar-refractivity contribution in [3.8, 4) is 17.6 Å². The number of aliphatic hydroxyl groups is 1. The molecule has 3 heterocycles. The Labute approximate surface area is 186 Å². The van der Waals surface area contributed by atoms with E-state index in [0.717, 1.165) is 12.8 Å². The first-order valence-corrected chi connectivity index (χ1v) is 10.5. The van der Waals surface area contributed by atoms with E-state index in [-0.39, 0.29) is 46.7 Å². The van der Waals surface area contributed by atoms with Crippen LogP contribution < -0.4 is 5.56 Å². The molecule has 0 atom stereocenters. The molecule has 0 amide bonds. The molecule has 0 saturated heterocycles. The van der Waals surface area contributed by atoms with Crippen LogP contribution in [0.5, 0.6) is 0 Å². The number of fused-ring (bicyclic) bond motifs is 3. The van der Waals surface area contributed by atoms with Gasteiger partial charge in [-0.2, -0.15) is 10.2 Å². The highest BCUT2D eigenvalue weighted by molar-refractivity contribution is 6.32. The molecular weight excluding hydrogens is 436 g/mol. The second kappa shape index (κ2) is 7.70. The molecule has 1 saturated carbocycles. The summed E-state index contributed by atoms with van der Waals surface area (Å²) in [5, 5.41) is 24.7. The molecule has 10 nitrogen and oxygen atoms in total. The van der Waals surface area contributed by atoms with Gasteiger partial charge in [-0.05, 0) is 37.8 Å². The SMILES string of the molecule is COCCn1c(=O)c2c(-c3noc(C4(O)CCCC4)n3)ncn2c2ccc(Cl)c(C#N)c21. The maximum absolute atomic E-state index is 13.6. The molecule has 1 fully saturated rings. The zero-order chi connectivity index (χ0) is 22.5. The van der Waals surface area contributed by atoms with Crippen molar-refractivity contribution in [1.29, 1.82) is 5.26 Å². The van der Waals surface area contributed by atoms with Gasteiger partial charge in [0.2, 0.25) is 5.82 Å². The first-order chi connectivity index (χ1) is 15.5. The Morgan fingerprint density at radius 2 is 2.12 bits per heavy atom. The van der Waals surface area contributed by atoms with Gasteiger partial charge in [0.05, 0.1) is 28.2 Å². The van der Waals surface area contributed by atoms with E-state index in [1.165, 1.54) is 18.0 Å². The van der Waals surface area contributed by atoms with Crippen LogP contribution in [0.3, 0.4) is 0 Å². The lowest BCUT2D eigenvalue weighted by molar-refractivity contribution is 0.0112. The van der Waals surface area contributed by atoms with Gasteiger partial charge in [-0.25, -0.2) is 4.98 Å². The van der Waals surface area contributed by atoms with Crippen molar-refractivity contribution in [2.24, 2.45) is 0 Å². The van der Waals surface area contributed by atoms with Crippen LogP contribution >= 0.6 is 11.6 Å². The summed E-state index contributed by atoms with van der Waals surface area (Å²) in [6.07, 6.45) is 4.32. The molecule has 4 aromatic rings. The van der Waals surface area contributed by atoms with Crippen LogP contribution in [-0.4, -0.2) is 42.9 Å². The first-order valence-electron chi connectivity index (χ1n) is 10.2. The van der Waals surface area contributed by atoms with Crippen molar-refractivity contribution < 1.29 is 14.4 Å². The van der Waals surface area contributed by atoms with E-state index in [4.69, 9.17) is 20.9 Å². The first kappa shape index (κ1) is 20.6. The summed E-state index contributed by atoms with van der Waals surface area (Å²) >= 11 is 6.24. The van der Waals surface area contributed by atoms with Crippen molar-refractivity contribution in [2.45, 2.75) is 37.8 Å². The van der Waals surface area contributed by atoms with Gasteiger partial charge < -0.3 is 18.9 Å². The Morgan fingerprint density at radius 3 is 2.84 bits per heavy atom. The molecule has 0 aliphatic heterocycles. The lowest BCUT2D eigenvalue weighted by Crippen LogP contribution is -2.25. The second-order valence-corrected chi connectivity index (χ2v) is 8.23. The monoisotopic (exact) mass is 454 g/mol. The number of halogens is 1. The molecule has 0 unspecified atom stereocenters. The minimum Gasteiger partial charge on any atom is -0.383 e. The van der Waals surface area contributed by atoms with Crippen LogP contribution in [-0.2, 0) is 16.9 Å². The third kappa shape index (κ3) is 3.01. The zero-order valence-electron chi connectivity index (χ0n) is 17.2. The van der Waals surface area contributed by atoms with Gasteiger partial charge in [0.25, 0.3) is 11.4 Å².